The van der Waals surface area contributed by atoms with E-state index in [1.807, 2.05) is 42.5 Å². The fourth-order valence-electron chi connectivity index (χ4n) is 2.92. The van der Waals surface area contributed by atoms with E-state index in [2.05, 4.69) is 45.9 Å². The van der Waals surface area contributed by atoms with E-state index in [4.69, 9.17) is 4.74 Å². The highest BCUT2D eigenvalue weighted by molar-refractivity contribution is 5.82. The highest BCUT2D eigenvalue weighted by Gasteiger charge is 1.94. The second-order valence-corrected chi connectivity index (χ2v) is 8.35. The minimum absolute atomic E-state index is 0.321. The molecular weight excluding hydrogens is 392 g/mol. The Labute approximate surface area is 198 Å². The quantitative estimate of drug-likeness (QED) is 0.0701. The lowest BCUT2D eigenvalue weighted by Crippen LogP contribution is -2.00. The highest BCUT2D eigenvalue weighted by atomic mass is 16.5. The van der Waals surface area contributed by atoms with Crippen LogP contribution in [0.5, 0.6) is 0 Å². The van der Waals surface area contributed by atoms with Crippen molar-refractivity contribution >= 4 is 5.97 Å². The molecule has 0 aromatic carbocycles. The van der Waals surface area contributed by atoms with Gasteiger partial charge in [-0.2, -0.15) is 0 Å². The van der Waals surface area contributed by atoms with Crippen molar-refractivity contribution < 1.29 is 9.53 Å². The van der Waals surface area contributed by atoms with Crippen molar-refractivity contribution in [1.82, 2.24) is 0 Å². The molecule has 0 heterocycles. The molecule has 0 radical (unpaired) electrons. The van der Waals surface area contributed by atoms with Crippen molar-refractivity contribution in [2.75, 3.05) is 6.61 Å². The maximum Gasteiger partial charge on any atom is 0.331 e. The third-order valence-corrected chi connectivity index (χ3v) is 4.87. The van der Waals surface area contributed by atoms with E-state index >= 15 is 0 Å². The summed E-state index contributed by atoms with van der Waals surface area (Å²) in [6, 6.07) is 0. The summed E-state index contributed by atoms with van der Waals surface area (Å²) in [6.07, 6.45) is 36.0. The molecule has 178 valence electrons. The number of allylic oxidation sites excluding steroid dienone is 12. The van der Waals surface area contributed by atoms with Crippen LogP contribution in [0.1, 0.15) is 91.9 Å². The van der Waals surface area contributed by atoms with Crippen LogP contribution in [-0.4, -0.2) is 12.6 Å². The van der Waals surface area contributed by atoms with Crippen molar-refractivity contribution in [2.45, 2.75) is 91.9 Å². The van der Waals surface area contributed by atoms with Crippen molar-refractivity contribution in [1.29, 1.82) is 0 Å². The van der Waals surface area contributed by atoms with Crippen LogP contribution in [0.2, 0.25) is 0 Å². The predicted molar refractivity (Wildman–Crippen MR) is 142 cm³/mol. The molecule has 0 aliphatic heterocycles. The summed E-state index contributed by atoms with van der Waals surface area (Å²) in [5, 5.41) is 0. The summed E-state index contributed by atoms with van der Waals surface area (Å²) >= 11 is 0. The van der Waals surface area contributed by atoms with Crippen LogP contribution in [0.4, 0.5) is 0 Å². The molecule has 0 saturated carbocycles. The molecule has 2 heteroatoms. The maximum atomic E-state index is 11.7. The average Bonchev–Trinajstić information content (AvgIpc) is 2.75. The van der Waals surface area contributed by atoms with Gasteiger partial charge in [0, 0.05) is 6.08 Å². The Kier molecular flexibility index (Phi) is 21.6. The molecule has 0 aromatic rings. The Morgan fingerprint density at radius 3 is 1.94 bits per heavy atom. The van der Waals surface area contributed by atoms with E-state index in [0.717, 1.165) is 19.3 Å². The number of ether oxygens (including phenoxy) is 1. The van der Waals surface area contributed by atoms with Gasteiger partial charge >= 0.3 is 5.97 Å². The monoisotopic (exact) mass is 438 g/mol. The Hall–Kier alpha value is -2.35. The van der Waals surface area contributed by atoms with E-state index < -0.39 is 0 Å². The number of hydrogen-bond acceptors (Lipinski definition) is 2. The van der Waals surface area contributed by atoms with E-state index in [1.54, 1.807) is 6.08 Å². The first-order chi connectivity index (χ1) is 15.6. The molecule has 0 rings (SSSR count). The minimum Gasteiger partial charge on any atom is -0.458 e. The molecule has 0 N–H and O–H groups in total. The van der Waals surface area contributed by atoms with Gasteiger partial charge in [0.2, 0.25) is 0 Å². The van der Waals surface area contributed by atoms with E-state index in [9.17, 15) is 4.79 Å². The number of unbranched alkanes of at least 4 members (excludes halogenated alkanes) is 7. The molecule has 32 heavy (non-hydrogen) atoms. The van der Waals surface area contributed by atoms with E-state index in [0.29, 0.717) is 6.61 Å². The van der Waals surface area contributed by atoms with Crippen LogP contribution in [-0.2, 0) is 9.53 Å². The van der Waals surface area contributed by atoms with Gasteiger partial charge in [-0.15, -0.1) is 0 Å². The number of carbonyl (C=O) groups is 1. The molecule has 0 fully saturated rings. The summed E-state index contributed by atoms with van der Waals surface area (Å²) in [4.78, 5) is 11.7. The van der Waals surface area contributed by atoms with Crippen LogP contribution in [0, 0.1) is 0 Å². The molecule has 0 aromatic heterocycles. The molecule has 0 saturated heterocycles. The van der Waals surface area contributed by atoms with Gasteiger partial charge in [-0.25, -0.2) is 4.79 Å². The maximum absolute atomic E-state index is 11.7. The average molecular weight is 439 g/mol. The number of carbonyl (C=O) groups excluding carboxylic acids is 1. The second kappa shape index (κ2) is 23.3. The van der Waals surface area contributed by atoms with Gasteiger partial charge < -0.3 is 4.74 Å². The van der Waals surface area contributed by atoms with Gasteiger partial charge in [-0.1, -0.05) is 117 Å². The summed E-state index contributed by atoms with van der Waals surface area (Å²) in [7, 11) is 0. The lowest BCUT2D eigenvalue weighted by Gasteiger charge is -2.00. The van der Waals surface area contributed by atoms with Crippen LogP contribution in [0.3, 0.4) is 0 Å². The van der Waals surface area contributed by atoms with E-state index in [-0.39, 0.29) is 5.97 Å². The highest BCUT2D eigenvalue weighted by Crippen LogP contribution is 2.08. The Balaban J connectivity index is 3.82. The minimum atomic E-state index is -0.321. The first-order valence-electron chi connectivity index (χ1n) is 12.3. The Morgan fingerprint density at radius 2 is 1.28 bits per heavy atom. The van der Waals surface area contributed by atoms with Crippen LogP contribution in [0.15, 0.2) is 84.1 Å². The zero-order valence-electron chi connectivity index (χ0n) is 21.0. The molecule has 0 bridgehead atoms. The third kappa shape index (κ3) is 23.9. The van der Waals surface area contributed by atoms with Crippen molar-refractivity contribution in [3.05, 3.63) is 84.1 Å². The fourth-order valence-corrected chi connectivity index (χ4v) is 2.92. The predicted octanol–water partition coefficient (Wildman–Crippen LogP) is 9.14. The normalized spacial score (nSPS) is 12.8. The second-order valence-electron chi connectivity index (χ2n) is 8.35. The number of hydrogen-bond donors (Lipinski definition) is 0. The molecule has 2 nitrogen and oxygen atoms in total. The lowest BCUT2D eigenvalue weighted by molar-refractivity contribution is -0.136. The number of rotatable bonds is 18. The lowest BCUT2D eigenvalue weighted by atomic mass is 10.1. The summed E-state index contributed by atoms with van der Waals surface area (Å²) in [5.74, 6) is -0.321. The fraction of sp³-hybridized carbons (Fsp3) is 0.500. The molecule has 0 spiro atoms. The smallest absolute Gasteiger partial charge is 0.331 e. The standard InChI is InChI=1S/C30H46O2/c1-5-6-7-8-9-10-11-12-13-14-15-16-17-18-19-20-21-25-30(31)32-27-26-29(4)24-22-23-28(2)3/h13-21,23,25-26H,5-12,22,24,27H2,1-4H3. The van der Waals surface area contributed by atoms with E-state index in [1.165, 1.54) is 62.2 Å². The Morgan fingerprint density at radius 1 is 0.688 bits per heavy atom. The molecule has 0 unspecified atom stereocenters. The SMILES string of the molecule is CCCCCCCCCC=CC=CC=CC=CC=CC(=O)OCC=C(C)CCC=C(C)C. The molecule has 0 aliphatic rings. The summed E-state index contributed by atoms with van der Waals surface area (Å²) in [5.41, 5.74) is 2.57. The van der Waals surface area contributed by atoms with Crippen molar-refractivity contribution in [3.63, 3.8) is 0 Å². The zero-order chi connectivity index (χ0) is 23.7. The first-order valence-corrected chi connectivity index (χ1v) is 12.3. The topological polar surface area (TPSA) is 26.3 Å². The molecule has 0 aliphatic carbocycles. The van der Waals surface area contributed by atoms with Crippen LogP contribution in [0.25, 0.3) is 0 Å². The number of esters is 1. The summed E-state index contributed by atoms with van der Waals surface area (Å²) < 4.78 is 5.18. The van der Waals surface area contributed by atoms with Crippen molar-refractivity contribution in [2.24, 2.45) is 0 Å². The van der Waals surface area contributed by atoms with Gasteiger partial charge in [0.25, 0.3) is 0 Å². The van der Waals surface area contributed by atoms with Crippen LogP contribution >= 0.6 is 0 Å². The first kappa shape index (κ1) is 29.7. The van der Waals surface area contributed by atoms with Gasteiger partial charge in [-0.05, 0) is 52.5 Å². The van der Waals surface area contributed by atoms with Gasteiger partial charge in [0.15, 0.2) is 0 Å². The van der Waals surface area contributed by atoms with Crippen LogP contribution < -0.4 is 0 Å². The summed E-state index contributed by atoms with van der Waals surface area (Å²) in [6.45, 7) is 8.86. The zero-order valence-corrected chi connectivity index (χ0v) is 21.0. The molecule has 0 amide bonds. The third-order valence-electron chi connectivity index (χ3n) is 4.87. The Bertz CT molecular complexity index is 665. The van der Waals surface area contributed by atoms with Crippen molar-refractivity contribution in [3.8, 4) is 0 Å². The van der Waals surface area contributed by atoms with Gasteiger partial charge in [0.05, 0.1) is 0 Å². The molecular formula is C30H46O2. The van der Waals surface area contributed by atoms with Gasteiger partial charge in [0.1, 0.15) is 6.61 Å². The van der Waals surface area contributed by atoms with Gasteiger partial charge in [-0.3, -0.25) is 0 Å². The largest absolute Gasteiger partial charge is 0.458 e. The molecule has 0 atom stereocenters.